The first kappa shape index (κ1) is 26.0. The third-order valence-electron chi connectivity index (χ3n) is 6.01. The number of hydrogen-bond acceptors (Lipinski definition) is 11. The summed E-state index contributed by atoms with van der Waals surface area (Å²) < 4.78 is 28.6. The van der Waals surface area contributed by atoms with Crippen molar-refractivity contribution in [2.75, 3.05) is 27.1 Å². The highest BCUT2D eigenvalue weighted by molar-refractivity contribution is 7.07. The number of thiazole rings is 1. The second kappa shape index (κ2) is 10.6. The summed E-state index contributed by atoms with van der Waals surface area (Å²) in [6, 6.07) is 6.99. The molecule has 0 bridgehead atoms. The van der Waals surface area contributed by atoms with Gasteiger partial charge in [0.15, 0.2) is 27.8 Å². The number of esters is 1. The Labute approximate surface area is 225 Å². The molecule has 202 valence electrons. The number of nitro groups is 1. The molecule has 13 heteroatoms. The van der Waals surface area contributed by atoms with Crippen molar-refractivity contribution in [1.29, 1.82) is 0 Å². The number of aromatic nitrogens is 1. The van der Waals surface area contributed by atoms with Crippen LogP contribution < -0.4 is 33.8 Å². The highest BCUT2D eigenvalue weighted by atomic mass is 32.1. The van der Waals surface area contributed by atoms with Crippen LogP contribution in [0.2, 0.25) is 0 Å². The first-order valence-electron chi connectivity index (χ1n) is 11.9. The van der Waals surface area contributed by atoms with E-state index < -0.39 is 22.5 Å². The lowest BCUT2D eigenvalue weighted by Crippen LogP contribution is -2.39. The van der Waals surface area contributed by atoms with Crippen LogP contribution in [0.1, 0.15) is 31.0 Å². The van der Waals surface area contributed by atoms with Crippen molar-refractivity contribution < 1.29 is 33.4 Å². The molecule has 0 radical (unpaired) electrons. The maximum Gasteiger partial charge on any atom is 0.337 e. The van der Waals surface area contributed by atoms with Gasteiger partial charge in [0.1, 0.15) is 0 Å². The maximum atomic E-state index is 13.8. The molecule has 0 aliphatic carbocycles. The summed E-state index contributed by atoms with van der Waals surface area (Å²) in [5, 5.41) is 11.7. The molecule has 3 aromatic rings. The molecule has 12 nitrogen and oxygen atoms in total. The smallest absolute Gasteiger partial charge is 0.337 e. The largest absolute Gasteiger partial charge is 0.490 e. The van der Waals surface area contributed by atoms with Gasteiger partial charge in [-0.25, -0.2) is 9.79 Å². The minimum Gasteiger partial charge on any atom is -0.490 e. The summed E-state index contributed by atoms with van der Waals surface area (Å²) in [6.07, 6.45) is 2.78. The van der Waals surface area contributed by atoms with E-state index in [4.69, 9.17) is 23.7 Å². The minimum absolute atomic E-state index is 0.0553. The van der Waals surface area contributed by atoms with Crippen LogP contribution in [0.15, 0.2) is 51.9 Å². The maximum absolute atomic E-state index is 13.8. The first-order chi connectivity index (χ1) is 18.9. The molecular formula is C26H23N3O9S. The van der Waals surface area contributed by atoms with Gasteiger partial charge in [-0.15, -0.1) is 0 Å². The van der Waals surface area contributed by atoms with E-state index in [0.29, 0.717) is 40.8 Å². The number of ether oxygens (including phenoxy) is 5. The molecule has 0 amide bonds. The third kappa shape index (κ3) is 4.72. The number of carbonyl (C=O) groups is 1. The topological polar surface area (TPSA) is 141 Å². The van der Waals surface area contributed by atoms with Crippen molar-refractivity contribution in [3.8, 4) is 23.0 Å². The van der Waals surface area contributed by atoms with Crippen molar-refractivity contribution in [2.24, 2.45) is 4.99 Å². The quantitative estimate of drug-likeness (QED) is 0.234. The SMILES string of the molecule is CCOc1ccc([C@@H]2C(C(=O)OC)=CN=c3s/c(=C/c4cc5c(cc4[N+](=O)[O-])OCO5)c(=O)n32)cc1OCC. The lowest BCUT2D eigenvalue weighted by Gasteiger charge is -2.23. The number of rotatable bonds is 8. The van der Waals surface area contributed by atoms with Crippen LogP contribution >= 0.6 is 11.3 Å². The molecule has 2 aliphatic heterocycles. The molecule has 0 spiro atoms. The summed E-state index contributed by atoms with van der Waals surface area (Å²) in [5.74, 6) is 0.911. The zero-order valence-corrected chi connectivity index (χ0v) is 22.0. The molecule has 0 fully saturated rings. The number of hydrogen-bond donors (Lipinski definition) is 0. The van der Waals surface area contributed by atoms with Crippen LogP contribution in [-0.4, -0.2) is 42.6 Å². The molecular weight excluding hydrogens is 530 g/mol. The van der Waals surface area contributed by atoms with Gasteiger partial charge in [0, 0.05) is 6.20 Å². The number of fused-ring (bicyclic) bond motifs is 2. The van der Waals surface area contributed by atoms with Crippen molar-refractivity contribution in [2.45, 2.75) is 19.9 Å². The van der Waals surface area contributed by atoms with E-state index in [9.17, 15) is 19.7 Å². The Bertz CT molecular complexity index is 1690. The number of benzene rings is 2. The molecule has 3 heterocycles. The van der Waals surface area contributed by atoms with Gasteiger partial charge in [0.25, 0.3) is 11.2 Å². The first-order valence-corrected chi connectivity index (χ1v) is 12.7. The van der Waals surface area contributed by atoms with Crippen molar-refractivity contribution in [3.63, 3.8) is 0 Å². The average Bonchev–Trinajstić information content (AvgIpc) is 3.52. The number of methoxy groups -OCH3 is 1. The summed E-state index contributed by atoms with van der Waals surface area (Å²) >= 11 is 1.04. The van der Waals surface area contributed by atoms with Crippen LogP contribution in [0.5, 0.6) is 23.0 Å². The molecule has 2 aliphatic rings. The highest BCUT2D eigenvalue weighted by Crippen LogP contribution is 2.38. The average molecular weight is 554 g/mol. The van der Waals surface area contributed by atoms with E-state index >= 15 is 0 Å². The van der Waals surface area contributed by atoms with Crippen LogP contribution in [0, 0.1) is 10.1 Å². The van der Waals surface area contributed by atoms with E-state index in [2.05, 4.69) is 4.99 Å². The van der Waals surface area contributed by atoms with Crippen molar-refractivity contribution in [1.82, 2.24) is 4.57 Å². The second-order valence-electron chi connectivity index (χ2n) is 8.27. The fourth-order valence-corrected chi connectivity index (χ4v) is 5.31. The lowest BCUT2D eigenvalue weighted by molar-refractivity contribution is -0.385. The molecule has 1 atom stereocenters. The zero-order chi connectivity index (χ0) is 27.7. The number of nitro benzene ring substituents is 1. The predicted molar refractivity (Wildman–Crippen MR) is 139 cm³/mol. The Morgan fingerprint density at radius 2 is 1.90 bits per heavy atom. The summed E-state index contributed by atoms with van der Waals surface area (Å²) in [6.45, 7) is 4.43. The zero-order valence-electron chi connectivity index (χ0n) is 21.2. The predicted octanol–water partition coefficient (Wildman–Crippen LogP) is 2.45. The highest BCUT2D eigenvalue weighted by Gasteiger charge is 2.32. The Balaban J connectivity index is 1.69. The molecule has 2 aromatic carbocycles. The normalized spacial score (nSPS) is 15.7. The number of nitrogens with zero attached hydrogens (tertiary/aromatic N) is 3. The fraction of sp³-hybridized carbons (Fsp3) is 0.269. The van der Waals surface area contributed by atoms with Crippen LogP contribution in [0.25, 0.3) is 6.08 Å². The fourth-order valence-electron chi connectivity index (χ4n) is 4.35. The van der Waals surface area contributed by atoms with Gasteiger partial charge in [-0.3, -0.25) is 19.5 Å². The molecule has 0 N–H and O–H groups in total. The molecule has 1 aromatic heterocycles. The van der Waals surface area contributed by atoms with Crippen LogP contribution in [0.3, 0.4) is 0 Å². The van der Waals surface area contributed by atoms with Gasteiger partial charge >= 0.3 is 5.97 Å². The molecule has 0 saturated heterocycles. The van der Waals surface area contributed by atoms with Gasteiger partial charge in [-0.1, -0.05) is 17.4 Å². The van der Waals surface area contributed by atoms with E-state index in [1.165, 1.54) is 36.1 Å². The molecule has 0 saturated carbocycles. The van der Waals surface area contributed by atoms with Gasteiger partial charge in [0.05, 0.1) is 53.0 Å². The van der Waals surface area contributed by atoms with Crippen molar-refractivity contribution >= 4 is 29.1 Å². The Morgan fingerprint density at radius 3 is 2.59 bits per heavy atom. The van der Waals surface area contributed by atoms with E-state index in [0.717, 1.165) is 11.3 Å². The van der Waals surface area contributed by atoms with Crippen LogP contribution in [0.4, 0.5) is 5.69 Å². The van der Waals surface area contributed by atoms with Crippen LogP contribution in [-0.2, 0) is 9.53 Å². The van der Waals surface area contributed by atoms with E-state index in [1.54, 1.807) is 18.2 Å². The van der Waals surface area contributed by atoms with Gasteiger partial charge < -0.3 is 23.7 Å². The minimum atomic E-state index is -0.891. The van der Waals surface area contributed by atoms with Crippen molar-refractivity contribution in [3.05, 3.63) is 83.0 Å². The Kier molecular flexibility index (Phi) is 7.07. The Morgan fingerprint density at radius 1 is 1.18 bits per heavy atom. The van der Waals surface area contributed by atoms with E-state index in [1.807, 2.05) is 13.8 Å². The molecule has 5 rings (SSSR count). The third-order valence-corrected chi connectivity index (χ3v) is 7.01. The summed E-state index contributed by atoms with van der Waals surface area (Å²) in [5.41, 5.74) is 0.132. The summed E-state index contributed by atoms with van der Waals surface area (Å²) in [4.78, 5) is 42.3. The monoisotopic (exact) mass is 553 g/mol. The molecule has 39 heavy (non-hydrogen) atoms. The van der Waals surface area contributed by atoms with Gasteiger partial charge in [0.2, 0.25) is 6.79 Å². The Hall–Kier alpha value is -4.65. The summed E-state index contributed by atoms with van der Waals surface area (Å²) in [7, 11) is 1.24. The van der Waals surface area contributed by atoms with Gasteiger partial charge in [-0.2, -0.15) is 0 Å². The second-order valence-corrected chi connectivity index (χ2v) is 9.28. The van der Waals surface area contributed by atoms with Gasteiger partial charge in [-0.05, 0) is 43.7 Å². The number of carbonyl (C=O) groups excluding carboxylic acids is 1. The molecule has 0 unspecified atom stereocenters. The standard InChI is InChI=1S/C26H23N3O9S/c1-4-35-18-7-6-14(8-19(18)36-5-2)23-16(25(31)34-3)12-27-26-28(23)24(30)22(39-26)10-15-9-20-21(38-13-37-20)11-17(15)29(32)33/h6-12,23H,4-5,13H2,1-3H3/b22-10+/t23-/m1/s1. The van der Waals surface area contributed by atoms with E-state index in [-0.39, 0.29) is 33.9 Å². The lowest BCUT2D eigenvalue weighted by atomic mass is 9.97.